The first kappa shape index (κ1) is 12.0. The van der Waals surface area contributed by atoms with Crippen LogP contribution in [0.15, 0.2) is 33.9 Å². The van der Waals surface area contributed by atoms with Crippen molar-refractivity contribution in [3.8, 4) is 17.2 Å². The van der Waals surface area contributed by atoms with Gasteiger partial charge in [0, 0.05) is 5.75 Å². The van der Waals surface area contributed by atoms with Crippen molar-refractivity contribution >= 4 is 11.8 Å². The van der Waals surface area contributed by atoms with Gasteiger partial charge in [-0.25, -0.2) is 0 Å². The maximum absolute atomic E-state index is 5.58. The Bertz CT molecular complexity index is 485. The monoisotopic (exact) mass is 250 g/mol. The number of ether oxygens (including phenoxy) is 1. The van der Waals surface area contributed by atoms with Gasteiger partial charge in [-0.05, 0) is 18.6 Å². The van der Waals surface area contributed by atoms with Gasteiger partial charge in [-0.1, -0.05) is 30.8 Å². The molecule has 1 heterocycles. The van der Waals surface area contributed by atoms with Gasteiger partial charge in [0.15, 0.2) is 0 Å². The number of rotatable bonds is 5. The summed E-state index contributed by atoms with van der Waals surface area (Å²) in [5, 5.41) is 8.63. The lowest BCUT2D eigenvalue weighted by atomic mass is 10.2. The minimum Gasteiger partial charge on any atom is -0.496 e. The molecule has 2 rings (SSSR count). The molecule has 4 nitrogen and oxygen atoms in total. The molecule has 0 bridgehead atoms. The average Bonchev–Trinajstić information content (AvgIpc) is 2.85. The van der Waals surface area contributed by atoms with Crippen LogP contribution in [0.4, 0.5) is 0 Å². The molecule has 2 aromatic rings. The normalized spacial score (nSPS) is 10.5. The van der Waals surface area contributed by atoms with Crippen molar-refractivity contribution in [2.75, 3.05) is 12.9 Å². The minimum atomic E-state index is 0.501. The lowest BCUT2D eigenvalue weighted by molar-refractivity contribution is 0.411. The third kappa shape index (κ3) is 2.79. The molecule has 0 radical (unpaired) electrons. The molecule has 0 aliphatic rings. The molecule has 90 valence electrons. The topological polar surface area (TPSA) is 48.2 Å². The molecule has 0 amide bonds. The molecular formula is C12H14N2O2S. The fraction of sp³-hybridized carbons (Fsp3) is 0.333. The molecule has 0 saturated heterocycles. The molecule has 1 aromatic heterocycles. The van der Waals surface area contributed by atoms with Crippen LogP contribution in [0.3, 0.4) is 0 Å². The van der Waals surface area contributed by atoms with E-state index >= 15 is 0 Å². The highest BCUT2D eigenvalue weighted by atomic mass is 32.2. The Hall–Kier alpha value is -1.49. The van der Waals surface area contributed by atoms with Gasteiger partial charge >= 0.3 is 0 Å². The van der Waals surface area contributed by atoms with Crippen molar-refractivity contribution in [1.82, 2.24) is 10.2 Å². The Balaban J connectivity index is 2.24. The van der Waals surface area contributed by atoms with Crippen LogP contribution in [0.2, 0.25) is 0 Å². The smallest absolute Gasteiger partial charge is 0.276 e. The number of para-hydroxylation sites is 1. The van der Waals surface area contributed by atoms with E-state index in [0.717, 1.165) is 23.5 Å². The lowest BCUT2D eigenvalue weighted by Crippen LogP contribution is -1.87. The first-order valence-corrected chi connectivity index (χ1v) is 6.43. The fourth-order valence-corrected chi connectivity index (χ4v) is 2.00. The quantitative estimate of drug-likeness (QED) is 0.762. The predicted molar refractivity (Wildman–Crippen MR) is 67.3 cm³/mol. The highest BCUT2D eigenvalue weighted by Gasteiger charge is 2.12. The van der Waals surface area contributed by atoms with Gasteiger partial charge in [0.05, 0.1) is 12.7 Å². The highest BCUT2D eigenvalue weighted by Crippen LogP contribution is 2.30. The molecule has 5 heteroatoms. The molecule has 0 N–H and O–H groups in total. The van der Waals surface area contributed by atoms with Crippen LogP contribution in [0.5, 0.6) is 5.75 Å². The summed E-state index contributed by atoms with van der Waals surface area (Å²) in [5.41, 5.74) is 0.825. The molecule has 0 spiro atoms. The van der Waals surface area contributed by atoms with Crippen LogP contribution < -0.4 is 4.74 Å². The maximum atomic E-state index is 5.58. The van der Waals surface area contributed by atoms with Crippen LogP contribution in [-0.4, -0.2) is 23.1 Å². The molecule has 0 fully saturated rings. The second kappa shape index (κ2) is 5.72. The Labute approximate surface area is 104 Å². The van der Waals surface area contributed by atoms with Crippen LogP contribution in [0.1, 0.15) is 13.3 Å². The van der Waals surface area contributed by atoms with E-state index in [4.69, 9.17) is 9.15 Å². The van der Waals surface area contributed by atoms with Crippen molar-refractivity contribution in [2.24, 2.45) is 0 Å². The van der Waals surface area contributed by atoms with Crippen LogP contribution >= 0.6 is 11.8 Å². The number of nitrogens with zero attached hydrogens (tertiary/aromatic N) is 2. The highest BCUT2D eigenvalue weighted by molar-refractivity contribution is 7.99. The average molecular weight is 250 g/mol. The van der Waals surface area contributed by atoms with Crippen molar-refractivity contribution in [2.45, 2.75) is 18.6 Å². The summed E-state index contributed by atoms with van der Waals surface area (Å²) in [6.07, 6.45) is 1.08. The second-order valence-electron chi connectivity index (χ2n) is 3.42. The zero-order chi connectivity index (χ0) is 12.1. The Morgan fingerprint density at radius 2 is 2.12 bits per heavy atom. The minimum absolute atomic E-state index is 0.501. The Kier molecular flexibility index (Phi) is 4.03. The van der Waals surface area contributed by atoms with Crippen molar-refractivity contribution < 1.29 is 9.15 Å². The molecular weight excluding hydrogens is 236 g/mol. The third-order valence-corrected chi connectivity index (χ3v) is 3.20. The summed E-state index contributed by atoms with van der Waals surface area (Å²) in [7, 11) is 1.63. The molecule has 0 saturated carbocycles. The number of thioether (sulfide) groups is 1. The van der Waals surface area contributed by atoms with E-state index < -0.39 is 0 Å². The first-order chi connectivity index (χ1) is 8.35. The van der Waals surface area contributed by atoms with Gasteiger partial charge < -0.3 is 9.15 Å². The van der Waals surface area contributed by atoms with E-state index in [1.54, 1.807) is 18.9 Å². The number of benzene rings is 1. The molecule has 0 aliphatic heterocycles. The first-order valence-electron chi connectivity index (χ1n) is 5.45. The Morgan fingerprint density at radius 3 is 2.88 bits per heavy atom. The van der Waals surface area contributed by atoms with Crippen molar-refractivity contribution in [3.63, 3.8) is 0 Å². The summed E-state index contributed by atoms with van der Waals surface area (Å²) >= 11 is 1.57. The zero-order valence-electron chi connectivity index (χ0n) is 9.84. The standard InChI is InChI=1S/C12H14N2O2S/c1-3-8-17-12-14-13-11(16-12)9-6-4-5-7-10(9)15-2/h4-7H,3,8H2,1-2H3. The van der Waals surface area contributed by atoms with Crippen LogP contribution in [0, 0.1) is 0 Å². The van der Waals surface area contributed by atoms with E-state index in [-0.39, 0.29) is 0 Å². The molecule has 17 heavy (non-hydrogen) atoms. The third-order valence-electron chi connectivity index (χ3n) is 2.17. The Morgan fingerprint density at radius 1 is 1.29 bits per heavy atom. The van der Waals surface area contributed by atoms with Gasteiger partial charge in [0.2, 0.25) is 0 Å². The summed E-state index contributed by atoms with van der Waals surface area (Å²) in [6, 6.07) is 7.60. The zero-order valence-corrected chi connectivity index (χ0v) is 10.7. The number of methoxy groups -OCH3 is 1. The van der Waals surface area contributed by atoms with Crippen molar-refractivity contribution in [1.29, 1.82) is 0 Å². The fourth-order valence-electron chi connectivity index (χ4n) is 1.39. The summed E-state index contributed by atoms with van der Waals surface area (Å²) < 4.78 is 10.8. The number of aromatic nitrogens is 2. The van der Waals surface area contributed by atoms with E-state index in [1.165, 1.54) is 0 Å². The number of hydrogen-bond acceptors (Lipinski definition) is 5. The number of hydrogen-bond donors (Lipinski definition) is 0. The van der Waals surface area contributed by atoms with Gasteiger partial charge in [-0.2, -0.15) is 0 Å². The van der Waals surface area contributed by atoms with Gasteiger partial charge in [0.25, 0.3) is 11.1 Å². The second-order valence-corrected chi connectivity index (χ2v) is 4.47. The maximum Gasteiger partial charge on any atom is 0.276 e. The molecule has 0 unspecified atom stereocenters. The molecule has 0 atom stereocenters. The molecule has 1 aromatic carbocycles. The SMILES string of the molecule is CCCSc1nnc(-c2ccccc2OC)o1. The lowest BCUT2D eigenvalue weighted by Gasteiger charge is -2.03. The largest absolute Gasteiger partial charge is 0.496 e. The van der Waals surface area contributed by atoms with Crippen LogP contribution in [-0.2, 0) is 0 Å². The van der Waals surface area contributed by atoms with E-state index in [0.29, 0.717) is 11.1 Å². The van der Waals surface area contributed by atoms with Crippen molar-refractivity contribution in [3.05, 3.63) is 24.3 Å². The summed E-state index contributed by atoms with van der Waals surface area (Å²) in [6.45, 7) is 2.12. The summed E-state index contributed by atoms with van der Waals surface area (Å²) in [5.74, 6) is 2.22. The van der Waals surface area contributed by atoms with Gasteiger partial charge in [0.1, 0.15) is 5.75 Å². The van der Waals surface area contributed by atoms with E-state index in [1.807, 2.05) is 24.3 Å². The van der Waals surface area contributed by atoms with Gasteiger partial charge in [-0.3, -0.25) is 0 Å². The van der Waals surface area contributed by atoms with E-state index in [9.17, 15) is 0 Å². The molecule has 0 aliphatic carbocycles. The summed E-state index contributed by atoms with van der Waals surface area (Å²) in [4.78, 5) is 0. The predicted octanol–water partition coefficient (Wildman–Crippen LogP) is 3.25. The van der Waals surface area contributed by atoms with Crippen LogP contribution in [0.25, 0.3) is 11.5 Å². The van der Waals surface area contributed by atoms with Gasteiger partial charge in [-0.15, -0.1) is 10.2 Å². The van der Waals surface area contributed by atoms with E-state index in [2.05, 4.69) is 17.1 Å².